The molecule has 0 heterocycles. The Hall–Kier alpha value is 0.00870. The predicted octanol–water partition coefficient (Wildman–Crippen LogP) is 5.10. The summed E-state index contributed by atoms with van der Waals surface area (Å²) in [6, 6.07) is 0. The van der Waals surface area contributed by atoms with E-state index in [0.29, 0.717) is 5.76 Å². The van der Waals surface area contributed by atoms with Crippen LogP contribution in [-0.2, 0) is 9.53 Å². The Morgan fingerprint density at radius 1 is 0.947 bits per heavy atom. The summed E-state index contributed by atoms with van der Waals surface area (Å²) in [7, 11) is 1.62. The van der Waals surface area contributed by atoms with Gasteiger partial charge in [0.2, 0.25) is 0 Å². The van der Waals surface area contributed by atoms with Gasteiger partial charge in [0, 0.05) is 0 Å². The number of hydrogen-bond donors (Lipinski definition) is 0. The zero-order valence-electron chi connectivity index (χ0n) is 13.3. The molecule has 0 rings (SSSR count). The predicted molar refractivity (Wildman–Crippen MR) is 86.1 cm³/mol. The van der Waals surface area contributed by atoms with Crippen LogP contribution in [0.15, 0.2) is 9.85 Å². The molecule has 0 aromatic heterocycles. The minimum atomic E-state index is -2.32. The molecule has 0 atom stereocenters. The average Bonchev–Trinajstić information content (AvgIpc) is 2.45. The van der Waals surface area contributed by atoms with Crippen LogP contribution in [0.3, 0.4) is 0 Å². The van der Waals surface area contributed by atoms with Crippen LogP contribution in [-0.4, -0.2) is 31.8 Å². The van der Waals surface area contributed by atoms with Crippen molar-refractivity contribution in [3.05, 3.63) is 9.85 Å². The zero-order valence-corrected chi connectivity index (χ0v) is 16.2. The van der Waals surface area contributed by atoms with Crippen molar-refractivity contribution in [3.8, 4) is 0 Å². The van der Waals surface area contributed by atoms with E-state index < -0.39 is 18.4 Å². The molecule has 0 N–H and O–H groups in total. The molecule has 0 amide bonds. The maximum absolute atomic E-state index is 11.1. The van der Waals surface area contributed by atoms with Crippen molar-refractivity contribution in [2.24, 2.45) is 0 Å². The summed E-state index contributed by atoms with van der Waals surface area (Å²) < 4.78 is 11.7. The van der Waals surface area contributed by atoms with E-state index in [-0.39, 0.29) is 0 Å². The van der Waals surface area contributed by atoms with E-state index in [9.17, 15) is 4.79 Å². The van der Waals surface area contributed by atoms with Crippen LogP contribution in [0.5, 0.6) is 0 Å². The maximum atomic E-state index is 11.1. The van der Waals surface area contributed by atoms with Gasteiger partial charge in [-0.2, -0.15) is 0 Å². The summed E-state index contributed by atoms with van der Waals surface area (Å²) in [5.74, 6) is 0.596. The minimum absolute atomic E-state index is 0.596. The summed E-state index contributed by atoms with van der Waals surface area (Å²) >= 11 is -2.32. The van der Waals surface area contributed by atoms with Crippen LogP contribution in [0, 0.1) is 0 Å². The third-order valence-electron chi connectivity index (χ3n) is 3.88. The number of unbranched alkanes of at least 4 members (excludes halogenated alkanes) is 3. The Morgan fingerprint density at radius 2 is 1.37 bits per heavy atom. The molecule has 0 radical (unpaired) electrons. The van der Waals surface area contributed by atoms with Gasteiger partial charge in [0.1, 0.15) is 0 Å². The van der Waals surface area contributed by atoms with Crippen LogP contribution in [0.4, 0.5) is 0 Å². The number of methoxy groups -OCH3 is 1. The molecule has 0 aromatic carbocycles. The van der Waals surface area contributed by atoms with Gasteiger partial charge in [-0.1, -0.05) is 0 Å². The fourth-order valence-electron chi connectivity index (χ4n) is 2.62. The number of rotatable bonds is 12. The van der Waals surface area contributed by atoms with Crippen molar-refractivity contribution in [1.29, 1.82) is 0 Å². The topological polar surface area (TPSA) is 26.3 Å². The monoisotopic (exact) mass is 376 g/mol. The van der Waals surface area contributed by atoms with Crippen LogP contribution in [0.1, 0.15) is 59.3 Å². The molecule has 0 aliphatic carbocycles. The molecule has 19 heavy (non-hydrogen) atoms. The van der Waals surface area contributed by atoms with Crippen molar-refractivity contribution in [2.75, 3.05) is 7.11 Å². The molecule has 0 saturated carbocycles. The number of carbonyl (C=O) groups is 1. The second kappa shape index (κ2) is 11.8. The fourth-order valence-corrected chi connectivity index (χ4v) is 17.3. The molecule has 0 bridgehead atoms. The number of aldehydes is 1. The second-order valence-corrected chi connectivity index (χ2v) is 18.4. The van der Waals surface area contributed by atoms with Crippen molar-refractivity contribution in [1.82, 2.24) is 0 Å². The van der Waals surface area contributed by atoms with Gasteiger partial charge >= 0.3 is 124 Å². The molecule has 3 heteroatoms. The molecule has 0 saturated heterocycles. The van der Waals surface area contributed by atoms with Gasteiger partial charge in [-0.25, -0.2) is 0 Å². The first-order valence-electron chi connectivity index (χ1n) is 7.90. The molecule has 0 aliphatic heterocycles. The third-order valence-corrected chi connectivity index (χ3v) is 18.0. The van der Waals surface area contributed by atoms with E-state index in [1.165, 1.54) is 51.8 Å². The summed E-state index contributed by atoms with van der Waals surface area (Å²) in [5.41, 5.74) is 0. The summed E-state index contributed by atoms with van der Waals surface area (Å²) in [4.78, 5) is 11.1. The summed E-state index contributed by atoms with van der Waals surface area (Å²) in [6.07, 6.45) is 8.62. The van der Waals surface area contributed by atoms with Crippen molar-refractivity contribution >= 4 is 24.7 Å². The van der Waals surface area contributed by atoms with Crippen LogP contribution >= 0.6 is 0 Å². The van der Waals surface area contributed by atoms with Gasteiger partial charge in [0.15, 0.2) is 0 Å². The molecule has 0 aromatic rings. The standard InChI is InChI=1S/C4H5O2.3C4H9.Sn/c1-4(3-5)6-2;3*1-3-4-2;/h1,3H,2H3;3*1,3-4H2,2H3;. The third kappa shape index (κ3) is 8.01. The van der Waals surface area contributed by atoms with Gasteiger partial charge < -0.3 is 0 Å². The Morgan fingerprint density at radius 3 is 1.63 bits per heavy atom. The SMILES string of the molecule is CCC[CH2][Sn]([CH]=C(C=O)OC)([CH2]CCC)[CH2]CCC. The summed E-state index contributed by atoms with van der Waals surface area (Å²) in [6.45, 7) is 6.78. The fraction of sp³-hybridized carbons (Fsp3) is 0.812. The van der Waals surface area contributed by atoms with E-state index in [1.54, 1.807) is 7.11 Å². The molecule has 2 nitrogen and oxygen atoms in total. The van der Waals surface area contributed by atoms with Gasteiger partial charge in [-0.05, 0) is 0 Å². The Balaban J connectivity index is 5.06. The van der Waals surface area contributed by atoms with E-state index in [2.05, 4.69) is 24.9 Å². The van der Waals surface area contributed by atoms with E-state index in [0.717, 1.165) is 6.29 Å². The molecular formula is C16H32O2Sn. The first-order valence-corrected chi connectivity index (χ1v) is 15.6. The van der Waals surface area contributed by atoms with Gasteiger partial charge in [-0.3, -0.25) is 0 Å². The first kappa shape index (κ1) is 19.0. The quantitative estimate of drug-likeness (QED) is 0.205. The first-order chi connectivity index (χ1) is 9.17. The van der Waals surface area contributed by atoms with E-state index in [1.807, 2.05) is 0 Å². The normalized spacial score (nSPS) is 12.5. The van der Waals surface area contributed by atoms with Crippen molar-refractivity contribution in [3.63, 3.8) is 0 Å². The number of carbonyl (C=O) groups excluding carboxylic acids is 1. The zero-order chi connectivity index (χ0) is 14.6. The Labute approximate surface area is 123 Å². The van der Waals surface area contributed by atoms with Gasteiger partial charge in [-0.15, -0.1) is 0 Å². The molecule has 112 valence electrons. The van der Waals surface area contributed by atoms with Gasteiger partial charge in [0.25, 0.3) is 0 Å². The number of ether oxygens (including phenoxy) is 1. The second-order valence-electron chi connectivity index (χ2n) is 5.54. The van der Waals surface area contributed by atoms with Gasteiger partial charge in [0.05, 0.1) is 0 Å². The molecule has 0 fully saturated rings. The molecular weight excluding hydrogens is 343 g/mol. The molecule has 0 spiro atoms. The number of allylic oxidation sites excluding steroid dienone is 1. The van der Waals surface area contributed by atoms with Crippen LogP contribution in [0.25, 0.3) is 0 Å². The Bertz CT molecular complexity index is 240. The average molecular weight is 375 g/mol. The molecule has 0 unspecified atom stereocenters. The van der Waals surface area contributed by atoms with Crippen molar-refractivity contribution < 1.29 is 9.53 Å². The van der Waals surface area contributed by atoms with Crippen molar-refractivity contribution in [2.45, 2.75) is 72.6 Å². The van der Waals surface area contributed by atoms with Crippen LogP contribution < -0.4 is 0 Å². The molecule has 0 aliphatic rings. The summed E-state index contributed by atoms with van der Waals surface area (Å²) in [5, 5.41) is 0. The Kier molecular flexibility index (Phi) is 11.8. The van der Waals surface area contributed by atoms with E-state index in [4.69, 9.17) is 4.74 Å². The number of hydrogen-bond acceptors (Lipinski definition) is 2. The van der Waals surface area contributed by atoms with Crippen LogP contribution in [0.2, 0.25) is 13.3 Å². The van der Waals surface area contributed by atoms with E-state index >= 15 is 0 Å².